The van der Waals surface area contributed by atoms with Gasteiger partial charge in [-0.2, -0.15) is 8.78 Å². The Morgan fingerprint density at radius 1 is 1.15 bits per heavy atom. The Labute approximate surface area is 195 Å². The molecule has 11 heteroatoms. The Morgan fingerprint density at radius 3 is 2.50 bits per heavy atom. The maximum Gasteiger partial charge on any atom is 0.387 e. The van der Waals surface area contributed by atoms with Gasteiger partial charge < -0.3 is 10.1 Å². The van der Waals surface area contributed by atoms with Gasteiger partial charge in [-0.3, -0.25) is 13.9 Å². The smallest absolute Gasteiger partial charge is 0.387 e. The number of fused-ring (bicyclic) bond motifs is 1. The molecule has 1 amide bonds. The second-order valence-corrected chi connectivity index (χ2v) is 10.9. The third-order valence-corrected chi connectivity index (χ3v) is 7.81. The number of amides is 1. The fourth-order valence-corrected chi connectivity index (χ4v) is 5.94. The lowest BCUT2D eigenvalue weighted by atomic mass is 9.94. The van der Waals surface area contributed by atoms with E-state index in [1.54, 1.807) is 31.2 Å². The van der Waals surface area contributed by atoms with Crippen molar-refractivity contribution in [3.8, 4) is 11.4 Å². The van der Waals surface area contributed by atoms with Crippen LogP contribution in [-0.4, -0.2) is 47.1 Å². The molecule has 1 aromatic heterocycles. The molecule has 3 aromatic rings. The van der Waals surface area contributed by atoms with Crippen molar-refractivity contribution in [1.82, 2.24) is 14.5 Å². The standard InChI is InChI=1S/C23H25F2N3O5S/c1-3-27-19-13-15(20(29)26-23(2)9-11-34(31,32)12-10-23)7-8-18(19)28(22(27)30)16-5-4-6-17(14-16)33-21(24)25/h4-8,13-14,21H,3,9-12H2,1-2H3,(H,26,29). The molecule has 0 spiro atoms. The van der Waals surface area contributed by atoms with Crippen molar-refractivity contribution in [2.45, 2.75) is 45.4 Å². The summed E-state index contributed by atoms with van der Waals surface area (Å²) < 4.78 is 56.1. The molecule has 0 saturated carbocycles. The predicted octanol–water partition coefficient (Wildman–Crippen LogP) is 3.11. The van der Waals surface area contributed by atoms with Crippen LogP contribution in [0.4, 0.5) is 8.78 Å². The largest absolute Gasteiger partial charge is 0.435 e. The summed E-state index contributed by atoms with van der Waals surface area (Å²) in [5, 5.41) is 2.95. The molecule has 1 fully saturated rings. The molecule has 0 unspecified atom stereocenters. The van der Waals surface area contributed by atoms with Gasteiger partial charge in [0.15, 0.2) is 0 Å². The van der Waals surface area contributed by atoms with E-state index < -0.39 is 22.0 Å². The average Bonchev–Trinajstić information content (AvgIpc) is 3.06. The summed E-state index contributed by atoms with van der Waals surface area (Å²) in [5.41, 5.74) is 0.682. The zero-order valence-electron chi connectivity index (χ0n) is 18.8. The van der Waals surface area contributed by atoms with Crippen LogP contribution in [0.25, 0.3) is 16.7 Å². The minimum atomic E-state index is -3.07. The fraction of sp³-hybridized carbons (Fsp3) is 0.391. The van der Waals surface area contributed by atoms with Crippen LogP contribution < -0.4 is 15.7 Å². The molecule has 0 atom stereocenters. The molecular formula is C23H25F2N3O5S. The number of hydrogen-bond acceptors (Lipinski definition) is 5. The summed E-state index contributed by atoms with van der Waals surface area (Å²) in [7, 11) is -3.07. The number of carbonyl (C=O) groups excluding carboxylic acids is 1. The summed E-state index contributed by atoms with van der Waals surface area (Å²) in [5.74, 6) is -0.389. The minimum absolute atomic E-state index is 0.0232. The van der Waals surface area contributed by atoms with Gasteiger partial charge in [-0.15, -0.1) is 0 Å². The molecule has 0 radical (unpaired) electrons. The molecule has 182 valence electrons. The highest BCUT2D eigenvalue weighted by atomic mass is 32.2. The zero-order chi connectivity index (χ0) is 24.7. The molecule has 2 heterocycles. The van der Waals surface area contributed by atoms with E-state index in [1.165, 1.54) is 27.3 Å². The van der Waals surface area contributed by atoms with Crippen LogP contribution in [0.5, 0.6) is 5.75 Å². The summed E-state index contributed by atoms with van der Waals surface area (Å²) in [6, 6.07) is 10.7. The van der Waals surface area contributed by atoms with E-state index in [4.69, 9.17) is 0 Å². The molecule has 0 bridgehead atoms. The third kappa shape index (κ3) is 4.70. The first-order valence-electron chi connectivity index (χ1n) is 10.9. The quantitative estimate of drug-likeness (QED) is 0.569. The number of carbonyl (C=O) groups is 1. The number of nitrogens with zero attached hydrogens (tertiary/aromatic N) is 2. The van der Waals surface area contributed by atoms with Gasteiger partial charge in [-0.1, -0.05) is 6.07 Å². The summed E-state index contributed by atoms with van der Waals surface area (Å²) in [6.07, 6.45) is 0.660. The highest BCUT2D eigenvalue weighted by molar-refractivity contribution is 7.91. The van der Waals surface area contributed by atoms with E-state index in [1.807, 2.05) is 6.92 Å². The fourth-order valence-electron chi connectivity index (χ4n) is 4.21. The molecule has 4 rings (SSSR count). The lowest BCUT2D eigenvalue weighted by Gasteiger charge is -2.34. The average molecular weight is 494 g/mol. The minimum Gasteiger partial charge on any atom is -0.435 e. The van der Waals surface area contributed by atoms with Crippen LogP contribution in [-0.2, 0) is 16.4 Å². The van der Waals surface area contributed by atoms with Crippen molar-refractivity contribution >= 4 is 26.8 Å². The summed E-state index contributed by atoms with van der Waals surface area (Å²) in [6.45, 7) is 0.954. The highest BCUT2D eigenvalue weighted by Gasteiger charge is 2.34. The Hall–Kier alpha value is -3.21. The third-order valence-electron chi connectivity index (χ3n) is 6.15. The number of benzene rings is 2. The van der Waals surface area contributed by atoms with E-state index >= 15 is 0 Å². The van der Waals surface area contributed by atoms with Gasteiger partial charge >= 0.3 is 12.3 Å². The monoisotopic (exact) mass is 493 g/mol. The highest BCUT2D eigenvalue weighted by Crippen LogP contribution is 2.26. The molecule has 1 aliphatic heterocycles. The van der Waals surface area contributed by atoms with Crippen molar-refractivity contribution in [1.29, 1.82) is 0 Å². The number of halogens is 2. The van der Waals surface area contributed by atoms with Crippen molar-refractivity contribution in [2.24, 2.45) is 0 Å². The van der Waals surface area contributed by atoms with Crippen molar-refractivity contribution in [3.63, 3.8) is 0 Å². The number of ether oxygens (including phenoxy) is 1. The Morgan fingerprint density at radius 2 is 1.85 bits per heavy atom. The number of sulfone groups is 1. The van der Waals surface area contributed by atoms with Gasteiger partial charge in [0.1, 0.15) is 15.6 Å². The predicted molar refractivity (Wildman–Crippen MR) is 124 cm³/mol. The molecule has 34 heavy (non-hydrogen) atoms. The molecule has 0 aliphatic carbocycles. The topological polar surface area (TPSA) is 99.4 Å². The number of hydrogen-bond donors (Lipinski definition) is 1. The first-order valence-corrected chi connectivity index (χ1v) is 12.7. The number of imidazole rings is 1. The van der Waals surface area contributed by atoms with Gasteiger partial charge in [0, 0.05) is 23.7 Å². The molecule has 8 nitrogen and oxygen atoms in total. The van der Waals surface area contributed by atoms with Gasteiger partial charge in [-0.25, -0.2) is 13.2 Å². The summed E-state index contributed by atoms with van der Waals surface area (Å²) in [4.78, 5) is 26.1. The SMILES string of the molecule is CCn1c(=O)n(-c2cccc(OC(F)F)c2)c2ccc(C(=O)NC3(C)CCS(=O)(=O)CC3)cc21. The van der Waals surface area contributed by atoms with Crippen molar-refractivity contribution in [2.75, 3.05) is 11.5 Å². The maximum atomic E-state index is 13.1. The van der Waals surface area contributed by atoms with Crippen molar-refractivity contribution < 1.29 is 26.7 Å². The second kappa shape index (κ2) is 8.86. The van der Waals surface area contributed by atoms with Crippen LogP contribution in [0, 0.1) is 0 Å². The van der Waals surface area contributed by atoms with E-state index in [2.05, 4.69) is 10.1 Å². The van der Waals surface area contributed by atoms with Crippen LogP contribution in [0.1, 0.15) is 37.0 Å². The van der Waals surface area contributed by atoms with E-state index in [9.17, 15) is 26.8 Å². The Bertz CT molecular complexity index is 1400. The number of nitrogens with one attached hydrogen (secondary N) is 1. The van der Waals surface area contributed by atoms with Crippen LogP contribution in [0.3, 0.4) is 0 Å². The van der Waals surface area contributed by atoms with Crippen molar-refractivity contribution in [3.05, 3.63) is 58.5 Å². The van der Waals surface area contributed by atoms with Gasteiger partial charge in [0.05, 0.1) is 28.2 Å². The van der Waals surface area contributed by atoms with Gasteiger partial charge in [0.2, 0.25) is 0 Å². The van der Waals surface area contributed by atoms with Gasteiger partial charge in [-0.05, 0) is 57.0 Å². The molecule has 1 saturated heterocycles. The summed E-state index contributed by atoms with van der Waals surface area (Å²) >= 11 is 0. The molecule has 2 aromatic carbocycles. The number of rotatable bonds is 6. The van der Waals surface area contributed by atoms with E-state index in [0.29, 0.717) is 41.7 Å². The first kappa shape index (κ1) is 23.9. The lowest BCUT2D eigenvalue weighted by Crippen LogP contribution is -2.50. The molecule has 1 N–H and O–H groups in total. The van der Waals surface area contributed by atoms with Gasteiger partial charge in [0.25, 0.3) is 5.91 Å². The van der Waals surface area contributed by atoms with E-state index in [-0.39, 0.29) is 28.9 Å². The lowest BCUT2D eigenvalue weighted by molar-refractivity contribution is -0.0498. The van der Waals surface area contributed by atoms with Crippen LogP contribution in [0.15, 0.2) is 47.3 Å². The number of aromatic nitrogens is 2. The van der Waals surface area contributed by atoms with Crippen LogP contribution in [0.2, 0.25) is 0 Å². The molecular weight excluding hydrogens is 468 g/mol. The number of aryl methyl sites for hydroxylation is 1. The Balaban J connectivity index is 1.70. The first-order chi connectivity index (χ1) is 16.0. The number of alkyl halides is 2. The zero-order valence-corrected chi connectivity index (χ0v) is 19.6. The van der Waals surface area contributed by atoms with Crippen LogP contribution >= 0.6 is 0 Å². The molecule has 1 aliphatic rings. The maximum absolute atomic E-state index is 13.1. The Kier molecular flexibility index (Phi) is 6.24. The normalized spacial score (nSPS) is 17.1. The second-order valence-electron chi connectivity index (χ2n) is 8.61. The van der Waals surface area contributed by atoms with E-state index in [0.717, 1.165) is 0 Å².